The van der Waals surface area contributed by atoms with Crippen LogP contribution in [0.1, 0.15) is 16.2 Å². The molecule has 0 fully saturated rings. The standard InChI is InChI=1S/C13H18N4O/c1-14-8-12-15-10-7-9(13(18)16(2)3)5-6-11(10)17(12)4/h5-7,14H,8H2,1-4H3. The van der Waals surface area contributed by atoms with E-state index in [0.29, 0.717) is 12.1 Å². The van der Waals surface area contributed by atoms with Gasteiger partial charge in [0.15, 0.2) is 0 Å². The molecule has 0 spiro atoms. The van der Waals surface area contributed by atoms with E-state index in [0.717, 1.165) is 16.9 Å². The number of benzene rings is 1. The molecular weight excluding hydrogens is 228 g/mol. The minimum Gasteiger partial charge on any atom is -0.345 e. The first-order valence-electron chi connectivity index (χ1n) is 5.86. The quantitative estimate of drug-likeness (QED) is 0.879. The van der Waals surface area contributed by atoms with Gasteiger partial charge in [0.1, 0.15) is 5.82 Å². The molecule has 0 saturated heterocycles. The van der Waals surface area contributed by atoms with E-state index in [2.05, 4.69) is 10.3 Å². The van der Waals surface area contributed by atoms with E-state index in [1.54, 1.807) is 19.0 Å². The normalized spacial score (nSPS) is 10.9. The maximum absolute atomic E-state index is 11.9. The fourth-order valence-electron chi connectivity index (χ4n) is 1.96. The molecule has 18 heavy (non-hydrogen) atoms. The van der Waals surface area contributed by atoms with Gasteiger partial charge in [0, 0.05) is 26.7 Å². The number of aromatic nitrogens is 2. The molecule has 0 saturated carbocycles. The number of carbonyl (C=O) groups is 1. The summed E-state index contributed by atoms with van der Waals surface area (Å²) in [6, 6.07) is 5.63. The van der Waals surface area contributed by atoms with Crippen molar-refractivity contribution in [3.8, 4) is 0 Å². The van der Waals surface area contributed by atoms with Crippen LogP contribution in [0.5, 0.6) is 0 Å². The van der Waals surface area contributed by atoms with Gasteiger partial charge >= 0.3 is 0 Å². The zero-order valence-electron chi connectivity index (χ0n) is 11.2. The lowest BCUT2D eigenvalue weighted by molar-refractivity contribution is 0.0828. The molecule has 1 N–H and O–H groups in total. The van der Waals surface area contributed by atoms with E-state index >= 15 is 0 Å². The molecule has 0 aliphatic carbocycles. The second-order valence-electron chi connectivity index (χ2n) is 4.52. The van der Waals surface area contributed by atoms with Crippen LogP contribution in [0.3, 0.4) is 0 Å². The number of hydrogen-bond donors (Lipinski definition) is 1. The Kier molecular flexibility index (Phi) is 3.34. The van der Waals surface area contributed by atoms with Gasteiger partial charge in [0.2, 0.25) is 0 Å². The van der Waals surface area contributed by atoms with Gasteiger partial charge < -0.3 is 14.8 Å². The lowest BCUT2D eigenvalue weighted by Crippen LogP contribution is -2.21. The van der Waals surface area contributed by atoms with Crippen molar-refractivity contribution in [2.24, 2.45) is 7.05 Å². The Morgan fingerprint density at radius 2 is 2.17 bits per heavy atom. The summed E-state index contributed by atoms with van der Waals surface area (Å²) in [7, 11) is 7.37. The average Bonchev–Trinajstić information content (AvgIpc) is 2.65. The van der Waals surface area contributed by atoms with Gasteiger partial charge in [-0.1, -0.05) is 0 Å². The monoisotopic (exact) mass is 246 g/mol. The number of hydrogen-bond acceptors (Lipinski definition) is 3. The Bertz CT molecular complexity index is 586. The highest BCUT2D eigenvalue weighted by Crippen LogP contribution is 2.17. The molecule has 0 unspecified atom stereocenters. The van der Waals surface area contributed by atoms with Crippen molar-refractivity contribution in [2.75, 3.05) is 21.1 Å². The molecule has 0 aliphatic rings. The average molecular weight is 246 g/mol. The first-order chi connectivity index (χ1) is 8.54. The Balaban J connectivity index is 2.49. The minimum atomic E-state index is -0.00211. The Morgan fingerprint density at radius 3 is 2.78 bits per heavy atom. The summed E-state index contributed by atoms with van der Waals surface area (Å²) in [5, 5.41) is 3.08. The van der Waals surface area contributed by atoms with Crippen molar-refractivity contribution >= 4 is 16.9 Å². The molecule has 1 aromatic heterocycles. The van der Waals surface area contributed by atoms with Crippen molar-refractivity contribution < 1.29 is 4.79 Å². The third-order valence-electron chi connectivity index (χ3n) is 2.96. The molecule has 5 nitrogen and oxygen atoms in total. The van der Waals surface area contributed by atoms with Crippen LogP contribution >= 0.6 is 0 Å². The number of imidazole rings is 1. The molecule has 96 valence electrons. The number of nitrogens with one attached hydrogen (secondary N) is 1. The number of carbonyl (C=O) groups excluding carboxylic acids is 1. The number of rotatable bonds is 3. The zero-order valence-corrected chi connectivity index (χ0v) is 11.2. The molecule has 1 heterocycles. The highest BCUT2D eigenvalue weighted by Gasteiger charge is 2.12. The van der Waals surface area contributed by atoms with Gasteiger partial charge in [0.25, 0.3) is 5.91 Å². The van der Waals surface area contributed by atoms with Gasteiger partial charge in [-0.2, -0.15) is 0 Å². The van der Waals surface area contributed by atoms with Crippen molar-refractivity contribution in [2.45, 2.75) is 6.54 Å². The van der Waals surface area contributed by atoms with Crippen molar-refractivity contribution in [1.29, 1.82) is 0 Å². The van der Waals surface area contributed by atoms with Crippen molar-refractivity contribution in [3.63, 3.8) is 0 Å². The first kappa shape index (κ1) is 12.6. The van der Waals surface area contributed by atoms with Crippen LogP contribution in [0.4, 0.5) is 0 Å². The molecule has 0 aliphatic heterocycles. The van der Waals surface area contributed by atoms with E-state index in [9.17, 15) is 4.79 Å². The molecule has 0 bridgehead atoms. The summed E-state index contributed by atoms with van der Waals surface area (Å²) in [6.45, 7) is 0.710. The summed E-state index contributed by atoms with van der Waals surface area (Å²) in [4.78, 5) is 18.0. The minimum absolute atomic E-state index is 0.00211. The van der Waals surface area contributed by atoms with E-state index in [1.807, 2.05) is 36.9 Å². The van der Waals surface area contributed by atoms with Crippen molar-refractivity contribution in [1.82, 2.24) is 19.8 Å². The lowest BCUT2D eigenvalue weighted by atomic mass is 10.2. The van der Waals surface area contributed by atoms with Crippen LogP contribution in [0.25, 0.3) is 11.0 Å². The van der Waals surface area contributed by atoms with E-state index in [4.69, 9.17) is 0 Å². The van der Waals surface area contributed by atoms with Crippen LogP contribution in [0.2, 0.25) is 0 Å². The summed E-state index contributed by atoms with van der Waals surface area (Å²) >= 11 is 0. The topological polar surface area (TPSA) is 50.2 Å². The Morgan fingerprint density at radius 1 is 1.44 bits per heavy atom. The predicted molar refractivity (Wildman–Crippen MR) is 71.5 cm³/mol. The third-order valence-corrected chi connectivity index (χ3v) is 2.96. The fourth-order valence-corrected chi connectivity index (χ4v) is 1.96. The van der Waals surface area contributed by atoms with Gasteiger partial charge in [-0.25, -0.2) is 4.98 Å². The molecular formula is C13H18N4O. The van der Waals surface area contributed by atoms with Gasteiger partial charge in [-0.05, 0) is 25.2 Å². The van der Waals surface area contributed by atoms with E-state index in [1.165, 1.54) is 0 Å². The fraction of sp³-hybridized carbons (Fsp3) is 0.385. The Hall–Kier alpha value is -1.88. The third kappa shape index (κ3) is 2.09. The highest BCUT2D eigenvalue weighted by molar-refractivity contribution is 5.97. The molecule has 1 aromatic carbocycles. The highest BCUT2D eigenvalue weighted by atomic mass is 16.2. The molecule has 1 amide bonds. The van der Waals surface area contributed by atoms with Gasteiger partial charge in [-0.3, -0.25) is 4.79 Å². The molecule has 2 rings (SSSR count). The summed E-state index contributed by atoms with van der Waals surface area (Å²) in [5.74, 6) is 0.958. The number of amides is 1. The zero-order chi connectivity index (χ0) is 13.3. The summed E-state index contributed by atoms with van der Waals surface area (Å²) in [6.07, 6.45) is 0. The second kappa shape index (κ2) is 4.78. The lowest BCUT2D eigenvalue weighted by Gasteiger charge is -2.09. The largest absolute Gasteiger partial charge is 0.345 e. The molecule has 0 radical (unpaired) electrons. The molecule has 5 heteroatoms. The summed E-state index contributed by atoms with van der Waals surface area (Å²) < 4.78 is 2.04. The SMILES string of the molecule is CNCc1nc2cc(C(=O)N(C)C)ccc2n1C. The van der Waals surface area contributed by atoms with Crippen LogP contribution in [-0.2, 0) is 13.6 Å². The van der Waals surface area contributed by atoms with Crippen LogP contribution in [0.15, 0.2) is 18.2 Å². The molecule has 0 atom stereocenters. The van der Waals surface area contributed by atoms with Crippen LogP contribution in [0, 0.1) is 0 Å². The van der Waals surface area contributed by atoms with E-state index in [-0.39, 0.29) is 5.91 Å². The second-order valence-corrected chi connectivity index (χ2v) is 4.52. The van der Waals surface area contributed by atoms with Gasteiger partial charge in [-0.15, -0.1) is 0 Å². The van der Waals surface area contributed by atoms with E-state index < -0.39 is 0 Å². The van der Waals surface area contributed by atoms with Crippen LogP contribution in [-0.4, -0.2) is 41.5 Å². The number of nitrogens with zero attached hydrogens (tertiary/aromatic N) is 3. The number of fused-ring (bicyclic) bond motifs is 1. The maximum Gasteiger partial charge on any atom is 0.253 e. The smallest absolute Gasteiger partial charge is 0.253 e. The first-order valence-corrected chi connectivity index (χ1v) is 5.86. The molecule has 2 aromatic rings. The maximum atomic E-state index is 11.9. The van der Waals surface area contributed by atoms with Crippen molar-refractivity contribution in [3.05, 3.63) is 29.6 Å². The van der Waals surface area contributed by atoms with Crippen LogP contribution < -0.4 is 5.32 Å². The summed E-state index contributed by atoms with van der Waals surface area (Å²) in [5.41, 5.74) is 2.56. The number of aryl methyl sites for hydroxylation is 1. The predicted octanol–water partition coefficient (Wildman–Crippen LogP) is 0.994. The Labute approximate surface area is 106 Å². The van der Waals surface area contributed by atoms with Gasteiger partial charge in [0.05, 0.1) is 17.6 Å².